The Balaban J connectivity index is 0.0000000914. The van der Waals surface area contributed by atoms with Gasteiger partial charge in [0.15, 0.2) is 0 Å². The summed E-state index contributed by atoms with van der Waals surface area (Å²) in [5, 5.41) is 41.9. The first-order chi connectivity index (χ1) is 70.4. The summed E-state index contributed by atoms with van der Waals surface area (Å²) in [6, 6.07) is 150. The molecule has 680 valence electrons. The van der Waals surface area contributed by atoms with Crippen LogP contribution in [0.15, 0.2) is 400 Å². The Labute approximate surface area is 832 Å². The zero-order chi connectivity index (χ0) is 96.4. The van der Waals surface area contributed by atoms with Gasteiger partial charge >= 0.3 is 0 Å². The lowest BCUT2D eigenvalue weighted by molar-refractivity contribution is 0.863. The van der Waals surface area contributed by atoms with Gasteiger partial charge in [0.05, 0.1) is 66.2 Å². The average molecular weight is 1840 g/mol. The fourth-order valence-electron chi connectivity index (χ4n) is 26.1. The average Bonchev–Trinajstić information content (AvgIpc) is 1.54. The molecule has 0 fully saturated rings. The van der Waals surface area contributed by atoms with E-state index in [0.29, 0.717) is 5.92 Å². The van der Waals surface area contributed by atoms with Gasteiger partial charge in [-0.3, -0.25) is 0 Å². The number of aromatic nitrogens is 4. The van der Waals surface area contributed by atoms with Crippen LogP contribution in [-0.4, -0.2) is 17.6 Å². The van der Waals surface area contributed by atoms with Gasteiger partial charge in [0.1, 0.15) is 0 Å². The first-order valence-corrected chi connectivity index (χ1v) is 50.9. The molecule has 4 heteroatoms. The molecule has 0 atom stereocenters. The molecule has 0 unspecified atom stereocenters. The first-order valence-electron chi connectivity index (χ1n) is 50.9. The van der Waals surface area contributed by atoms with Crippen molar-refractivity contribution in [3.8, 4) is 44.5 Å². The van der Waals surface area contributed by atoms with Crippen molar-refractivity contribution in [3.63, 3.8) is 0 Å². The summed E-state index contributed by atoms with van der Waals surface area (Å²) in [6.45, 7) is 24.6. The maximum absolute atomic E-state index is 2.51. The lowest BCUT2D eigenvalue weighted by Crippen LogP contribution is -1.94. The molecule has 32 aromatic rings. The number of hydrogen-bond acceptors (Lipinski definition) is 0. The van der Waals surface area contributed by atoms with Gasteiger partial charge in [-0.25, -0.2) is 0 Å². The van der Waals surface area contributed by atoms with Crippen LogP contribution in [0.2, 0.25) is 0 Å². The largest absolute Gasteiger partial charge is 0.308 e. The second-order valence-corrected chi connectivity index (χ2v) is 41.8. The van der Waals surface area contributed by atoms with Crippen molar-refractivity contribution in [2.75, 3.05) is 0 Å². The Hall–Kier alpha value is -17.4. The van der Waals surface area contributed by atoms with E-state index in [1.54, 1.807) is 0 Å². The summed E-state index contributed by atoms with van der Waals surface area (Å²) in [4.78, 5) is 0. The van der Waals surface area contributed by atoms with E-state index in [0.717, 1.165) is 0 Å². The number of nitrogens with zero attached hydrogens (tertiary/aromatic N) is 4. The molecule has 4 nitrogen and oxygen atoms in total. The summed E-state index contributed by atoms with van der Waals surface area (Å²) in [5.41, 5.74) is 39.6. The van der Waals surface area contributed by atoms with Gasteiger partial charge in [-0.2, -0.15) is 0 Å². The van der Waals surface area contributed by atoms with E-state index in [-0.39, 0.29) is 0 Å². The van der Waals surface area contributed by atoms with Gasteiger partial charge in [-0.1, -0.05) is 280 Å². The van der Waals surface area contributed by atoms with Crippen LogP contribution in [0.5, 0.6) is 0 Å². The number of hydrogen-bond donors (Lipinski definition) is 0. The van der Waals surface area contributed by atoms with Crippen molar-refractivity contribution < 1.29 is 0 Å². The minimum Gasteiger partial charge on any atom is -0.308 e. The molecule has 0 amide bonds. The van der Waals surface area contributed by atoms with Crippen molar-refractivity contribution in [2.45, 2.75) is 82.1 Å². The van der Waals surface area contributed by atoms with Crippen LogP contribution in [0.25, 0.3) is 283 Å². The third-order valence-electron chi connectivity index (χ3n) is 32.4. The molecule has 144 heavy (non-hydrogen) atoms. The van der Waals surface area contributed by atoms with Crippen molar-refractivity contribution in [1.29, 1.82) is 0 Å². The van der Waals surface area contributed by atoms with Crippen molar-refractivity contribution in [1.82, 2.24) is 17.6 Å². The van der Waals surface area contributed by atoms with Crippen molar-refractivity contribution in [3.05, 3.63) is 456 Å². The highest BCUT2D eigenvalue weighted by molar-refractivity contribution is 6.32. The third kappa shape index (κ3) is 12.5. The Bertz CT molecular complexity index is 10600. The van der Waals surface area contributed by atoms with E-state index in [9.17, 15) is 0 Å². The summed E-state index contributed by atoms with van der Waals surface area (Å²) in [6.07, 6.45) is 0. The molecule has 0 aliphatic carbocycles. The van der Waals surface area contributed by atoms with Crippen LogP contribution in [0.1, 0.15) is 75.4 Å². The van der Waals surface area contributed by atoms with E-state index in [1.165, 1.54) is 339 Å². The minimum absolute atomic E-state index is 0.521. The highest BCUT2D eigenvalue weighted by atomic mass is 14.9. The first kappa shape index (κ1) is 83.5. The van der Waals surface area contributed by atoms with Crippen molar-refractivity contribution >= 4 is 239 Å². The van der Waals surface area contributed by atoms with Gasteiger partial charge in [0.25, 0.3) is 0 Å². The molecule has 0 saturated heterocycles. The van der Waals surface area contributed by atoms with Crippen LogP contribution in [0.3, 0.4) is 0 Å². The molecule has 0 N–H and O–H groups in total. The molecule has 0 spiro atoms. The fourth-order valence-corrected chi connectivity index (χ4v) is 26.1. The third-order valence-corrected chi connectivity index (χ3v) is 32.4. The Morgan fingerprint density at radius 1 is 0.153 bits per heavy atom. The molecule has 24 aromatic carbocycles. The van der Waals surface area contributed by atoms with Gasteiger partial charge < -0.3 is 17.6 Å². The lowest BCUT2D eigenvalue weighted by atomic mass is 9.89. The van der Waals surface area contributed by atoms with E-state index >= 15 is 0 Å². The molecular formula is C140H100N4. The van der Waals surface area contributed by atoms with Crippen LogP contribution in [-0.2, 0) is 0 Å². The normalized spacial score (nSPS) is 12.3. The zero-order valence-electron chi connectivity index (χ0n) is 82.5. The van der Waals surface area contributed by atoms with Gasteiger partial charge in [-0.15, -0.1) is 0 Å². The van der Waals surface area contributed by atoms with Crippen molar-refractivity contribution in [2.24, 2.45) is 0 Å². The smallest absolute Gasteiger partial charge is 0.0620 e. The Morgan fingerprint density at radius 3 is 0.562 bits per heavy atom. The molecule has 0 aliphatic heterocycles. The maximum atomic E-state index is 2.51. The zero-order valence-corrected chi connectivity index (χ0v) is 82.5. The molecule has 32 rings (SSSR count). The van der Waals surface area contributed by atoms with Gasteiger partial charge in [0.2, 0.25) is 0 Å². The SMILES string of the molecule is Cc1cc(C(C)C)cc(C)c1-c1cc2c3cc4ccccc4cc3n3c4cc5ccccc5cc4c(c1)c23.Cc1cc(C)c(-c2cc3c4cc5ccccc5cc4n4c5cc6ccccc6cc5c(c2)c34)c(C)c1.Cc1ccc(-c2cc3c4cc5ccccc5cc4n4c5cc6ccccc6cc5c(c2)c34)c(C)c1.Cc1cccc(C)c1-c1cc2c3cc4ccccc4cc3n3c4cc5ccccc5cc4c(c1)c23. The molecule has 8 heterocycles. The van der Waals surface area contributed by atoms with E-state index in [2.05, 4.69) is 494 Å². The van der Waals surface area contributed by atoms with E-state index < -0.39 is 0 Å². The molecule has 8 aromatic heterocycles. The quantitative estimate of drug-likeness (QED) is 0.163. The summed E-state index contributed by atoms with van der Waals surface area (Å²) < 4.78 is 10.0. The molecule has 0 radical (unpaired) electrons. The van der Waals surface area contributed by atoms with Crippen LogP contribution in [0.4, 0.5) is 0 Å². The van der Waals surface area contributed by atoms with E-state index in [4.69, 9.17) is 0 Å². The highest BCUT2D eigenvalue weighted by Gasteiger charge is 2.29. The Morgan fingerprint density at radius 2 is 0.347 bits per heavy atom. The topological polar surface area (TPSA) is 17.6 Å². The van der Waals surface area contributed by atoms with Crippen LogP contribution < -0.4 is 0 Å². The summed E-state index contributed by atoms with van der Waals surface area (Å²) >= 11 is 0. The highest BCUT2D eigenvalue weighted by Crippen LogP contribution is 2.52. The second-order valence-electron chi connectivity index (χ2n) is 41.8. The predicted molar refractivity (Wildman–Crippen MR) is 623 cm³/mol. The number of rotatable bonds is 5. The van der Waals surface area contributed by atoms with Crippen LogP contribution in [0, 0.1) is 62.3 Å². The number of fused-ring (bicyclic) bond motifs is 32. The Kier molecular flexibility index (Phi) is 18.1. The molecule has 0 bridgehead atoms. The maximum Gasteiger partial charge on any atom is 0.0620 e. The van der Waals surface area contributed by atoms with Gasteiger partial charge in [-0.05, 0) is 389 Å². The second kappa shape index (κ2) is 31.3. The lowest BCUT2D eigenvalue weighted by Gasteiger charge is -2.15. The molecule has 0 saturated carbocycles. The van der Waals surface area contributed by atoms with E-state index in [1.807, 2.05) is 0 Å². The fraction of sp³-hybridized carbons (Fsp3) is 0.0857. The number of aryl methyl sites for hydroxylation is 9. The molecule has 0 aliphatic rings. The number of benzene rings is 24. The molecular weight excluding hydrogens is 1740 g/mol. The summed E-state index contributed by atoms with van der Waals surface area (Å²) in [5.74, 6) is 0.521. The predicted octanol–water partition coefficient (Wildman–Crippen LogP) is 39.1. The van der Waals surface area contributed by atoms with Gasteiger partial charge in [0, 0.05) is 86.2 Å². The minimum atomic E-state index is 0.521. The monoisotopic (exact) mass is 1840 g/mol. The van der Waals surface area contributed by atoms with Crippen LogP contribution >= 0.6 is 0 Å². The standard InChI is InChI=1S/C37H29N.C35H25N.2C34H23N/c1-21(2)28-13-22(3)36(23(4)14-28)29-17-32-30-15-24-9-5-7-11-26(24)19-34(30)38-35-20-27-12-8-6-10-25(27)16-31(35)33(18-29)37(32)38;1-20-12-21(2)34(22(3)13-20)27-16-30-28-14-23-8-4-6-10-25(23)18-32(28)36-33-19-26-11-7-5-9-24(26)15-29(33)31(17-27)35(30)36;1-20-8-7-9-21(2)33(20)26-16-29-27-14-22-10-3-5-12-24(22)18-31(27)35-32-19-25-13-6-4-11-23(25)15-28(32)30(17-26)34(29)35;1-20-11-12-27(21(2)13-20)26-16-30-28-14-22-7-3-5-9-24(22)18-32(28)35-33-19-25-10-6-4-8-23(25)15-29(33)31(17-26)34(30)35/h5-21H,1-4H3;4-19H,1-3H3;2*3-19H,1-2H3. The summed E-state index contributed by atoms with van der Waals surface area (Å²) in [7, 11) is 0.